The number of methoxy groups -OCH3 is 1. The topological polar surface area (TPSA) is 316 Å². The van der Waals surface area contributed by atoms with E-state index in [-0.39, 0.29) is 34.5 Å². The number of nitrogen functional groups attached to an aromatic ring is 2. The molecule has 376 valence electrons. The van der Waals surface area contributed by atoms with Gasteiger partial charge in [0.25, 0.3) is 17.7 Å². The summed E-state index contributed by atoms with van der Waals surface area (Å²) in [4.78, 5) is 63.2. The van der Waals surface area contributed by atoms with Crippen LogP contribution in [0.15, 0.2) is 152 Å². The fourth-order valence-corrected chi connectivity index (χ4v) is 5.77. The van der Waals surface area contributed by atoms with E-state index in [1.165, 1.54) is 49.7 Å². The van der Waals surface area contributed by atoms with E-state index in [2.05, 4.69) is 73.2 Å². The minimum atomic E-state index is -1.04. The van der Waals surface area contributed by atoms with Crippen LogP contribution in [0, 0.1) is 0 Å². The number of aliphatic hydroxyl groups excluding tert-OH is 2. The maximum Gasteiger partial charge on any atom is 0.335 e. The Labute approximate surface area is 422 Å². The van der Waals surface area contributed by atoms with Crippen molar-refractivity contribution in [2.75, 3.05) is 54.0 Å². The van der Waals surface area contributed by atoms with E-state index in [4.69, 9.17) is 32.5 Å². The molecule has 0 fully saturated rings. The Kier molecular flexibility index (Phi) is 31.0. The van der Waals surface area contributed by atoms with Crippen LogP contribution < -0.4 is 37.5 Å². The average Bonchev–Trinajstić information content (AvgIpc) is 3.43. The van der Waals surface area contributed by atoms with E-state index in [1.807, 2.05) is 78.9 Å². The van der Waals surface area contributed by atoms with Crippen LogP contribution in [-0.2, 0) is 24.4 Å². The second-order valence-electron chi connectivity index (χ2n) is 13.7. The quantitative estimate of drug-likeness (QED) is 0.0714. The molecular formula is C51H62BrN11O8. The number of hydrogen-bond donors (Lipinski definition) is 10. The van der Waals surface area contributed by atoms with Gasteiger partial charge < -0.3 is 53.2 Å². The minimum absolute atomic E-state index is 0.00530. The first kappa shape index (κ1) is 61.0. The molecule has 0 saturated carbocycles. The molecule has 0 spiro atoms. The molecule has 7 aromatic rings. The number of carbonyl (C=O) groups is 4. The van der Waals surface area contributed by atoms with E-state index in [0.717, 1.165) is 26.3 Å². The summed E-state index contributed by atoms with van der Waals surface area (Å²) in [5, 5.41) is 30.7. The van der Waals surface area contributed by atoms with Gasteiger partial charge in [-0.3, -0.25) is 18.7 Å². The molecule has 0 aliphatic rings. The Hall–Kier alpha value is -7.98. The largest absolute Gasteiger partial charge is 0.478 e. The molecule has 2 aromatic heterocycles. The predicted octanol–water partition coefficient (Wildman–Crippen LogP) is 5.51. The Morgan fingerprint density at radius 2 is 0.944 bits per heavy atom. The number of aromatic nitrogens is 4. The lowest BCUT2D eigenvalue weighted by Gasteiger charge is -2.09. The molecule has 0 radical (unpaired) electrons. The number of benzene rings is 5. The molecule has 0 bridgehead atoms. The van der Waals surface area contributed by atoms with Crippen molar-refractivity contribution in [2.24, 2.45) is 5.73 Å². The molecule has 19 nitrogen and oxygen atoms in total. The first-order valence-electron chi connectivity index (χ1n) is 21.3. The van der Waals surface area contributed by atoms with Crippen LogP contribution in [0.25, 0.3) is 22.5 Å². The van der Waals surface area contributed by atoms with Crippen molar-refractivity contribution >= 4 is 51.5 Å². The van der Waals surface area contributed by atoms with Gasteiger partial charge in [0.15, 0.2) is 23.0 Å². The molecule has 0 unspecified atom stereocenters. The van der Waals surface area contributed by atoms with E-state index in [0.29, 0.717) is 41.2 Å². The number of carbonyl (C=O) groups excluding carboxylic acids is 3. The second-order valence-corrected chi connectivity index (χ2v) is 14.2. The number of nitrogens with zero attached hydrogens (tertiary/aromatic N) is 4. The van der Waals surface area contributed by atoms with Gasteiger partial charge in [-0.2, -0.15) is 0 Å². The summed E-state index contributed by atoms with van der Waals surface area (Å²) < 4.78 is 7.15. The van der Waals surface area contributed by atoms with Crippen LogP contribution in [0.2, 0.25) is 0 Å². The van der Waals surface area contributed by atoms with Crippen LogP contribution in [-0.4, -0.2) is 101 Å². The summed E-state index contributed by atoms with van der Waals surface area (Å²) in [7, 11) is 8.20. The maximum absolute atomic E-state index is 12.4. The molecule has 7 rings (SSSR count). The van der Waals surface area contributed by atoms with Gasteiger partial charge >= 0.3 is 5.97 Å². The first-order chi connectivity index (χ1) is 34.4. The van der Waals surface area contributed by atoms with E-state index < -0.39 is 17.8 Å². The van der Waals surface area contributed by atoms with E-state index in [1.54, 1.807) is 50.6 Å². The van der Waals surface area contributed by atoms with Gasteiger partial charge in [0, 0.05) is 95.0 Å². The predicted molar refractivity (Wildman–Crippen MR) is 281 cm³/mol. The van der Waals surface area contributed by atoms with Crippen molar-refractivity contribution in [3.63, 3.8) is 0 Å². The number of ether oxygens (including phenoxy) is 1. The molecular weight excluding hydrogens is 975 g/mol. The zero-order valence-electron chi connectivity index (χ0n) is 40.3. The number of carboxylic acid groups (broad SMARTS) is 1. The van der Waals surface area contributed by atoms with Crippen molar-refractivity contribution in [2.45, 2.75) is 19.6 Å². The zero-order valence-corrected chi connectivity index (χ0v) is 41.9. The van der Waals surface area contributed by atoms with E-state index in [9.17, 15) is 19.2 Å². The molecule has 20 heteroatoms. The summed E-state index contributed by atoms with van der Waals surface area (Å²) in [5.74, 6) is -2.04. The third-order valence-corrected chi connectivity index (χ3v) is 9.08. The summed E-state index contributed by atoms with van der Waals surface area (Å²) >= 11 is 3.14. The molecule has 13 N–H and O–H groups in total. The molecule has 3 amide bonds. The van der Waals surface area contributed by atoms with Crippen molar-refractivity contribution < 1.29 is 39.2 Å². The zero-order chi connectivity index (χ0) is 53.0. The number of carboxylic acids is 1. The maximum atomic E-state index is 12.4. The van der Waals surface area contributed by atoms with Gasteiger partial charge in [-0.25, -0.2) is 24.7 Å². The van der Waals surface area contributed by atoms with Crippen molar-refractivity contribution in [1.29, 1.82) is 0 Å². The Bertz CT molecular complexity index is 2630. The Morgan fingerprint density at radius 1 is 0.563 bits per heavy atom. The third-order valence-electron chi connectivity index (χ3n) is 8.80. The first-order valence-corrected chi connectivity index (χ1v) is 22.0. The number of aromatic carboxylic acids is 1. The number of aliphatic hydroxyl groups is 2. The molecule has 0 atom stereocenters. The summed E-state index contributed by atoms with van der Waals surface area (Å²) in [6.45, 7) is 1.95. The van der Waals surface area contributed by atoms with Crippen LogP contribution in [0.5, 0.6) is 0 Å². The van der Waals surface area contributed by atoms with Crippen molar-refractivity contribution in [3.05, 3.63) is 191 Å². The Balaban J connectivity index is 0.000000497. The van der Waals surface area contributed by atoms with E-state index >= 15 is 0 Å². The summed E-state index contributed by atoms with van der Waals surface area (Å²) in [6.07, 6.45) is 2.87. The lowest BCUT2D eigenvalue weighted by atomic mass is 10.1. The molecule has 5 aromatic carbocycles. The van der Waals surface area contributed by atoms with Gasteiger partial charge in [0.1, 0.15) is 0 Å². The molecule has 2 heterocycles. The third kappa shape index (κ3) is 22.3. The number of rotatable bonds is 11. The fourth-order valence-electron chi connectivity index (χ4n) is 5.44. The standard InChI is InChI=1S/C20H19N5O2.C13H12N4O3.C7H8BrN.C7H9N.C2H6O.2CH4O/c1-22-20(27)17-18(21)23-12-16(25-17)14-8-5-9-15(10-14)19(26)24-11-13-6-3-2-4-7-13;1-15-12(18)10-11(14)16-6-9(17-10)7-3-2-4-8(5-7)13(19)20;8-9-6-7-4-2-1-3-5-7;8-6-7-4-2-1-3-5-7;1-3-2;2*1-2/h2-10,12H,11H2,1H3,(H2,21,23)(H,22,27)(H,24,26);2-6H,1H3,(H2,14,16)(H,15,18)(H,19,20);1-5,9H,6H2;1-5H,6,8H2;1-2H3;2*2H,1H3. The average molecular weight is 1040 g/mol. The Morgan fingerprint density at radius 3 is 1.31 bits per heavy atom. The van der Waals surface area contributed by atoms with Crippen LogP contribution in [0.4, 0.5) is 11.6 Å². The number of nitrogens with one attached hydrogen (secondary N) is 4. The highest BCUT2D eigenvalue weighted by Gasteiger charge is 2.16. The normalized spacial score (nSPS) is 9.38. The molecule has 0 saturated heterocycles. The number of anilines is 2. The second kappa shape index (κ2) is 36.1. The molecule has 0 aliphatic heterocycles. The van der Waals surface area contributed by atoms with Gasteiger partial charge in [0.2, 0.25) is 0 Å². The highest BCUT2D eigenvalue weighted by molar-refractivity contribution is 9.08. The van der Waals surface area contributed by atoms with Crippen LogP contribution in [0.3, 0.4) is 0 Å². The lowest BCUT2D eigenvalue weighted by Crippen LogP contribution is -2.23. The number of halogens is 1. The fraction of sp³-hybridized carbons (Fsp3) is 0.176. The summed E-state index contributed by atoms with van der Waals surface area (Å²) in [5.41, 5.74) is 22.9. The number of amides is 3. The number of hydrogen-bond acceptors (Lipinski definition) is 15. The monoisotopic (exact) mass is 1040 g/mol. The smallest absolute Gasteiger partial charge is 0.335 e. The SMILES string of the molecule is BrNCc1ccccc1.CNC(=O)c1nc(-c2cccc(C(=O)NCc3ccccc3)c2)cnc1N.CNC(=O)c1nc(-c2cccc(C(=O)O)c2)cnc1N.CO.CO.COC.NCc1ccccc1. The highest BCUT2D eigenvalue weighted by atomic mass is 79.9. The van der Waals surface area contributed by atoms with Gasteiger partial charge in [-0.15, -0.1) is 0 Å². The van der Waals surface area contributed by atoms with Gasteiger partial charge in [-0.1, -0.05) is 115 Å². The van der Waals surface area contributed by atoms with Crippen LogP contribution in [0.1, 0.15) is 58.4 Å². The lowest BCUT2D eigenvalue weighted by molar-refractivity contribution is 0.0696. The molecule has 0 aliphatic carbocycles. The van der Waals surface area contributed by atoms with Gasteiger partial charge in [-0.05, 0) is 41.0 Å². The van der Waals surface area contributed by atoms with Gasteiger partial charge in [0.05, 0.1) is 29.3 Å². The number of nitrogens with two attached hydrogens (primary N) is 3. The molecule has 71 heavy (non-hydrogen) atoms. The summed E-state index contributed by atoms with van der Waals surface area (Å²) in [6, 6.07) is 43.0. The van der Waals surface area contributed by atoms with Crippen molar-refractivity contribution in [1.82, 2.24) is 40.2 Å². The highest BCUT2D eigenvalue weighted by Crippen LogP contribution is 2.21. The minimum Gasteiger partial charge on any atom is -0.478 e. The van der Waals surface area contributed by atoms with Crippen LogP contribution >= 0.6 is 16.1 Å². The van der Waals surface area contributed by atoms with Crippen molar-refractivity contribution in [3.8, 4) is 22.5 Å².